The summed E-state index contributed by atoms with van der Waals surface area (Å²) in [6.07, 6.45) is 4.51. The normalized spacial score (nSPS) is 10.0. The van der Waals surface area contributed by atoms with Crippen LogP contribution in [0.25, 0.3) is 0 Å². The molecule has 0 N–H and O–H groups in total. The summed E-state index contributed by atoms with van der Waals surface area (Å²) in [5, 5.41) is 0. The molecule has 1 nitrogen and oxygen atoms in total. The first kappa shape index (κ1) is 11.8. The van der Waals surface area contributed by atoms with Crippen LogP contribution in [0.5, 0.6) is 5.75 Å². The van der Waals surface area contributed by atoms with Crippen LogP contribution in [0.1, 0.15) is 38.7 Å². The van der Waals surface area contributed by atoms with E-state index in [4.69, 9.17) is 4.74 Å². The summed E-state index contributed by atoms with van der Waals surface area (Å²) in [4.78, 5) is 0. The Morgan fingerprint density at radius 1 is 1.20 bits per heavy atom. The number of rotatable bonds is 6. The van der Waals surface area contributed by atoms with Crippen molar-refractivity contribution in [3.05, 3.63) is 42.2 Å². The molecule has 0 aromatic heterocycles. The number of aryl methyl sites for hydroxylation is 1. The van der Waals surface area contributed by atoms with E-state index < -0.39 is 0 Å². The average Bonchev–Trinajstić information content (AvgIpc) is 2.28. The first-order valence-electron chi connectivity index (χ1n) is 5.70. The zero-order chi connectivity index (χ0) is 11.1. The van der Waals surface area contributed by atoms with Gasteiger partial charge in [0.15, 0.2) is 0 Å². The molecule has 1 rings (SSSR count). The lowest BCUT2D eigenvalue weighted by Crippen LogP contribution is -1.92. The summed E-state index contributed by atoms with van der Waals surface area (Å²) in [5.74, 6) is 1.71. The lowest BCUT2D eigenvalue weighted by atomic mass is 10.1. The lowest BCUT2D eigenvalue weighted by molar-refractivity contribution is 0.412. The van der Waals surface area contributed by atoms with Crippen molar-refractivity contribution in [2.45, 2.75) is 39.5 Å². The van der Waals surface area contributed by atoms with Crippen molar-refractivity contribution in [2.75, 3.05) is 0 Å². The molecule has 0 radical (unpaired) electrons. The van der Waals surface area contributed by atoms with Gasteiger partial charge >= 0.3 is 0 Å². The van der Waals surface area contributed by atoms with Crippen LogP contribution in [0.15, 0.2) is 36.6 Å². The fraction of sp³-hybridized carbons (Fsp3) is 0.429. The molecule has 0 atom stereocenters. The molecule has 1 aromatic carbocycles. The summed E-state index contributed by atoms with van der Waals surface area (Å²) in [7, 11) is 0. The summed E-state index contributed by atoms with van der Waals surface area (Å²) in [6.45, 7) is 8.07. The van der Waals surface area contributed by atoms with Crippen LogP contribution in [0.4, 0.5) is 0 Å². The van der Waals surface area contributed by atoms with Crippen LogP contribution in [0.2, 0.25) is 0 Å². The molecule has 0 saturated carbocycles. The van der Waals surface area contributed by atoms with Gasteiger partial charge in [-0.25, -0.2) is 0 Å². The average molecular weight is 204 g/mol. The number of allylic oxidation sites excluding steroid dienone is 1. The molecule has 0 saturated heterocycles. The Bertz CT molecular complexity index is 298. The van der Waals surface area contributed by atoms with Crippen molar-refractivity contribution in [2.24, 2.45) is 0 Å². The van der Waals surface area contributed by atoms with Gasteiger partial charge in [-0.15, -0.1) is 0 Å². The predicted molar refractivity (Wildman–Crippen MR) is 65.1 cm³/mol. The van der Waals surface area contributed by atoms with Gasteiger partial charge in [0, 0.05) is 6.42 Å². The van der Waals surface area contributed by atoms with Crippen LogP contribution in [-0.4, -0.2) is 0 Å². The Morgan fingerprint density at radius 3 is 2.40 bits per heavy atom. The summed E-state index contributed by atoms with van der Waals surface area (Å²) in [6, 6.07) is 8.31. The van der Waals surface area contributed by atoms with Gasteiger partial charge in [0.05, 0.1) is 5.76 Å². The summed E-state index contributed by atoms with van der Waals surface area (Å²) >= 11 is 0. The van der Waals surface area contributed by atoms with E-state index in [0.29, 0.717) is 0 Å². The monoisotopic (exact) mass is 204 g/mol. The third-order valence-corrected chi connectivity index (χ3v) is 2.40. The van der Waals surface area contributed by atoms with Crippen molar-refractivity contribution in [3.63, 3.8) is 0 Å². The Balaban J connectivity index is 2.52. The topological polar surface area (TPSA) is 9.23 Å². The van der Waals surface area contributed by atoms with E-state index in [1.807, 2.05) is 19.1 Å². The quantitative estimate of drug-likeness (QED) is 0.627. The minimum atomic E-state index is 0.816. The number of unbranched alkanes of at least 4 members (excludes halogenated alkanes) is 1. The number of hydrogen-bond donors (Lipinski definition) is 0. The molecule has 0 amide bonds. The Hall–Kier alpha value is -1.24. The predicted octanol–water partition coefficient (Wildman–Crippen LogP) is 4.33. The van der Waals surface area contributed by atoms with Crippen LogP contribution < -0.4 is 4.74 Å². The van der Waals surface area contributed by atoms with Crippen LogP contribution in [0.3, 0.4) is 0 Å². The molecule has 0 spiro atoms. The van der Waals surface area contributed by atoms with Crippen molar-refractivity contribution < 1.29 is 4.74 Å². The molecule has 0 aliphatic heterocycles. The summed E-state index contributed by atoms with van der Waals surface area (Å²) < 4.78 is 5.53. The fourth-order valence-electron chi connectivity index (χ4n) is 1.34. The largest absolute Gasteiger partial charge is 0.462 e. The highest BCUT2D eigenvalue weighted by molar-refractivity contribution is 5.28. The zero-order valence-electron chi connectivity index (χ0n) is 9.75. The SMILES string of the molecule is C=C(CC)Oc1ccc(CCCC)cc1. The second-order valence-electron chi connectivity index (χ2n) is 3.74. The van der Waals surface area contributed by atoms with E-state index in [1.165, 1.54) is 18.4 Å². The minimum absolute atomic E-state index is 0.816. The maximum Gasteiger partial charge on any atom is 0.126 e. The van der Waals surface area contributed by atoms with Gasteiger partial charge in [0.25, 0.3) is 0 Å². The highest BCUT2D eigenvalue weighted by atomic mass is 16.5. The van der Waals surface area contributed by atoms with E-state index in [9.17, 15) is 0 Å². The van der Waals surface area contributed by atoms with Gasteiger partial charge in [0.1, 0.15) is 5.75 Å². The van der Waals surface area contributed by atoms with E-state index in [-0.39, 0.29) is 0 Å². The van der Waals surface area contributed by atoms with Crippen LogP contribution in [0, 0.1) is 0 Å². The second-order valence-corrected chi connectivity index (χ2v) is 3.74. The van der Waals surface area contributed by atoms with Crippen molar-refractivity contribution in [3.8, 4) is 5.75 Å². The molecule has 0 heterocycles. The summed E-state index contributed by atoms with van der Waals surface area (Å²) in [5.41, 5.74) is 1.38. The molecule has 0 fully saturated rings. The highest BCUT2D eigenvalue weighted by Crippen LogP contribution is 2.16. The highest BCUT2D eigenvalue weighted by Gasteiger charge is 1.97. The van der Waals surface area contributed by atoms with Gasteiger partial charge in [-0.1, -0.05) is 39.0 Å². The number of hydrogen-bond acceptors (Lipinski definition) is 1. The van der Waals surface area contributed by atoms with E-state index in [2.05, 4.69) is 25.6 Å². The van der Waals surface area contributed by atoms with Crippen LogP contribution in [-0.2, 0) is 6.42 Å². The molecule has 1 heteroatoms. The molecular formula is C14H20O. The standard InChI is InChI=1S/C14H20O/c1-4-6-7-13-8-10-14(11-9-13)15-12(3)5-2/h8-11H,3-7H2,1-2H3. The molecule has 0 aliphatic rings. The number of ether oxygens (including phenoxy) is 1. The van der Waals surface area contributed by atoms with E-state index >= 15 is 0 Å². The first-order chi connectivity index (χ1) is 7.26. The van der Waals surface area contributed by atoms with Gasteiger partial charge in [-0.3, -0.25) is 0 Å². The van der Waals surface area contributed by atoms with Crippen molar-refractivity contribution in [1.82, 2.24) is 0 Å². The number of benzene rings is 1. The molecule has 0 unspecified atom stereocenters. The van der Waals surface area contributed by atoms with Gasteiger partial charge in [-0.05, 0) is 30.5 Å². The molecular weight excluding hydrogens is 184 g/mol. The van der Waals surface area contributed by atoms with Crippen molar-refractivity contribution in [1.29, 1.82) is 0 Å². The lowest BCUT2D eigenvalue weighted by Gasteiger charge is -2.07. The fourth-order valence-corrected chi connectivity index (χ4v) is 1.34. The zero-order valence-corrected chi connectivity index (χ0v) is 9.75. The first-order valence-corrected chi connectivity index (χ1v) is 5.70. The molecule has 0 bridgehead atoms. The van der Waals surface area contributed by atoms with Gasteiger partial charge < -0.3 is 4.74 Å². The Labute approximate surface area is 92.8 Å². The Morgan fingerprint density at radius 2 is 1.87 bits per heavy atom. The van der Waals surface area contributed by atoms with Gasteiger partial charge in [0.2, 0.25) is 0 Å². The second kappa shape index (κ2) is 6.28. The Kier molecular flexibility index (Phi) is 4.96. The molecule has 0 aliphatic carbocycles. The molecule has 1 aromatic rings. The van der Waals surface area contributed by atoms with Gasteiger partial charge in [-0.2, -0.15) is 0 Å². The van der Waals surface area contributed by atoms with Crippen LogP contribution >= 0.6 is 0 Å². The van der Waals surface area contributed by atoms with E-state index in [1.54, 1.807) is 0 Å². The smallest absolute Gasteiger partial charge is 0.126 e. The molecule has 82 valence electrons. The minimum Gasteiger partial charge on any atom is -0.462 e. The maximum absolute atomic E-state index is 5.53. The van der Waals surface area contributed by atoms with E-state index in [0.717, 1.165) is 24.4 Å². The maximum atomic E-state index is 5.53. The van der Waals surface area contributed by atoms with Crippen molar-refractivity contribution >= 4 is 0 Å². The molecule has 15 heavy (non-hydrogen) atoms. The third kappa shape index (κ3) is 4.20. The third-order valence-electron chi connectivity index (χ3n) is 2.40.